The molecule has 0 aliphatic heterocycles. The quantitative estimate of drug-likeness (QED) is 0.657. The summed E-state index contributed by atoms with van der Waals surface area (Å²) in [5.41, 5.74) is 1.69. The van der Waals surface area contributed by atoms with Gasteiger partial charge in [-0.3, -0.25) is 9.59 Å². The van der Waals surface area contributed by atoms with Gasteiger partial charge in [0.05, 0.1) is 23.6 Å². The number of benzene rings is 1. The number of fused-ring (bicyclic) bond motifs is 1. The lowest BCUT2D eigenvalue weighted by atomic mass is 10.2. The first-order valence-electron chi connectivity index (χ1n) is 9.00. The third-order valence-electron chi connectivity index (χ3n) is 4.30. The van der Waals surface area contributed by atoms with E-state index in [1.54, 1.807) is 11.3 Å². The summed E-state index contributed by atoms with van der Waals surface area (Å²) in [5.74, 6) is 0.439. The number of aromatic nitrogens is 2. The van der Waals surface area contributed by atoms with Gasteiger partial charge < -0.3 is 15.2 Å². The molecule has 0 aliphatic rings. The molecule has 0 bridgehead atoms. The minimum atomic E-state index is -0.294. The molecule has 6 nitrogen and oxygen atoms in total. The Kier molecular flexibility index (Phi) is 5.91. The molecular formula is C20H24N4O2S. The van der Waals surface area contributed by atoms with Crippen molar-refractivity contribution in [3.63, 3.8) is 0 Å². The van der Waals surface area contributed by atoms with Gasteiger partial charge in [0.25, 0.3) is 0 Å². The van der Waals surface area contributed by atoms with Gasteiger partial charge in [-0.25, -0.2) is 4.98 Å². The van der Waals surface area contributed by atoms with Crippen molar-refractivity contribution in [1.82, 2.24) is 20.2 Å². The smallest absolute Gasteiger partial charge is 0.240 e. The maximum absolute atomic E-state index is 12.5. The van der Waals surface area contributed by atoms with Crippen LogP contribution in [0.2, 0.25) is 0 Å². The number of hydrogen-bond acceptors (Lipinski definition) is 4. The molecule has 3 rings (SSSR count). The fraction of sp³-hybridized carbons (Fsp3) is 0.350. The van der Waals surface area contributed by atoms with Gasteiger partial charge >= 0.3 is 0 Å². The zero-order valence-electron chi connectivity index (χ0n) is 15.7. The Morgan fingerprint density at radius 1 is 1.15 bits per heavy atom. The number of nitrogens with zero attached hydrogens (tertiary/aromatic N) is 2. The molecule has 2 N–H and O–H groups in total. The molecule has 1 atom stereocenters. The summed E-state index contributed by atoms with van der Waals surface area (Å²) in [4.78, 5) is 30.4. The summed E-state index contributed by atoms with van der Waals surface area (Å²) in [5, 5.41) is 7.91. The van der Waals surface area contributed by atoms with Gasteiger partial charge in [0.15, 0.2) is 0 Å². The van der Waals surface area contributed by atoms with Gasteiger partial charge in [-0.05, 0) is 30.5 Å². The Balaban J connectivity index is 1.81. The number of imidazole rings is 1. The standard InChI is InChI=1S/C20H24N4O2S/c1-13(2)20(26)22-14(3)19-23-16-8-4-5-9-17(16)24(19)12-18(25)21-11-15-7-6-10-27-15/h4-10,13-14H,11-12H2,1-3H3,(H,21,25)(H,22,26). The summed E-state index contributed by atoms with van der Waals surface area (Å²) in [6.07, 6.45) is 0. The Labute approximate surface area is 162 Å². The van der Waals surface area contributed by atoms with E-state index in [4.69, 9.17) is 0 Å². The highest BCUT2D eigenvalue weighted by atomic mass is 32.1. The molecule has 2 aromatic heterocycles. The first-order valence-corrected chi connectivity index (χ1v) is 9.88. The zero-order valence-corrected chi connectivity index (χ0v) is 16.5. The monoisotopic (exact) mass is 384 g/mol. The predicted octanol–water partition coefficient (Wildman–Crippen LogP) is 3.25. The minimum absolute atomic E-state index is 0.0387. The topological polar surface area (TPSA) is 76.0 Å². The summed E-state index contributed by atoms with van der Waals surface area (Å²) in [7, 11) is 0. The van der Waals surface area contributed by atoms with Crippen molar-refractivity contribution in [2.24, 2.45) is 5.92 Å². The zero-order chi connectivity index (χ0) is 19.4. The van der Waals surface area contributed by atoms with E-state index in [9.17, 15) is 9.59 Å². The van der Waals surface area contributed by atoms with Crippen molar-refractivity contribution < 1.29 is 9.59 Å². The van der Waals surface area contributed by atoms with Crippen molar-refractivity contribution in [2.75, 3.05) is 0 Å². The number of rotatable bonds is 7. The van der Waals surface area contributed by atoms with Crippen LogP contribution in [0.25, 0.3) is 11.0 Å². The van der Waals surface area contributed by atoms with E-state index in [0.29, 0.717) is 12.4 Å². The molecule has 7 heteroatoms. The maximum atomic E-state index is 12.5. The molecule has 27 heavy (non-hydrogen) atoms. The molecule has 0 radical (unpaired) electrons. The van der Waals surface area contributed by atoms with Crippen LogP contribution in [0.15, 0.2) is 41.8 Å². The number of amides is 2. The third-order valence-corrected chi connectivity index (χ3v) is 5.17. The van der Waals surface area contributed by atoms with Crippen LogP contribution in [-0.4, -0.2) is 21.4 Å². The molecule has 1 aromatic carbocycles. The minimum Gasteiger partial charge on any atom is -0.350 e. The Bertz CT molecular complexity index is 931. The Hall–Kier alpha value is -2.67. The molecule has 142 valence electrons. The molecule has 0 saturated heterocycles. The Morgan fingerprint density at radius 3 is 2.63 bits per heavy atom. The van der Waals surface area contributed by atoms with Crippen LogP contribution in [0.5, 0.6) is 0 Å². The largest absolute Gasteiger partial charge is 0.350 e. The van der Waals surface area contributed by atoms with Crippen molar-refractivity contribution in [3.8, 4) is 0 Å². The molecular weight excluding hydrogens is 360 g/mol. The van der Waals surface area contributed by atoms with E-state index in [0.717, 1.165) is 15.9 Å². The second kappa shape index (κ2) is 8.35. The SMILES string of the molecule is CC(C)C(=O)NC(C)c1nc2ccccc2n1CC(=O)NCc1cccs1. The van der Waals surface area contributed by atoms with E-state index < -0.39 is 0 Å². The van der Waals surface area contributed by atoms with Crippen LogP contribution < -0.4 is 10.6 Å². The van der Waals surface area contributed by atoms with Crippen LogP contribution in [0.4, 0.5) is 0 Å². The van der Waals surface area contributed by atoms with Crippen LogP contribution in [0, 0.1) is 5.92 Å². The predicted molar refractivity (Wildman–Crippen MR) is 107 cm³/mol. The molecule has 2 heterocycles. The number of carbonyl (C=O) groups is 2. The number of para-hydroxylation sites is 2. The van der Waals surface area contributed by atoms with Gasteiger partial charge in [-0.1, -0.05) is 32.0 Å². The summed E-state index contributed by atoms with van der Waals surface area (Å²) in [6.45, 7) is 6.26. The first-order chi connectivity index (χ1) is 13.0. The van der Waals surface area contributed by atoms with E-state index in [2.05, 4.69) is 15.6 Å². The van der Waals surface area contributed by atoms with Crippen LogP contribution in [0.3, 0.4) is 0 Å². The highest BCUT2D eigenvalue weighted by Gasteiger charge is 2.20. The highest BCUT2D eigenvalue weighted by Crippen LogP contribution is 2.21. The van der Waals surface area contributed by atoms with Gasteiger partial charge in [0.1, 0.15) is 12.4 Å². The van der Waals surface area contributed by atoms with Gasteiger partial charge in [-0.15, -0.1) is 11.3 Å². The number of carbonyl (C=O) groups excluding carboxylic acids is 2. The second-order valence-electron chi connectivity index (χ2n) is 6.79. The number of hydrogen-bond donors (Lipinski definition) is 2. The van der Waals surface area contributed by atoms with Gasteiger partial charge in [0, 0.05) is 10.8 Å². The normalized spacial score (nSPS) is 12.3. The van der Waals surface area contributed by atoms with Crippen LogP contribution >= 0.6 is 11.3 Å². The van der Waals surface area contributed by atoms with Crippen molar-refractivity contribution >= 4 is 34.2 Å². The van der Waals surface area contributed by atoms with Crippen molar-refractivity contribution in [2.45, 2.75) is 39.9 Å². The maximum Gasteiger partial charge on any atom is 0.240 e. The average molecular weight is 385 g/mol. The van der Waals surface area contributed by atoms with E-state index in [1.807, 2.05) is 67.1 Å². The molecule has 0 aliphatic carbocycles. The second-order valence-corrected chi connectivity index (χ2v) is 7.82. The van der Waals surface area contributed by atoms with Gasteiger partial charge in [0.2, 0.25) is 11.8 Å². The lowest BCUT2D eigenvalue weighted by Crippen LogP contribution is -2.33. The molecule has 0 spiro atoms. The van der Waals surface area contributed by atoms with Crippen molar-refractivity contribution in [1.29, 1.82) is 0 Å². The van der Waals surface area contributed by atoms with E-state index >= 15 is 0 Å². The molecule has 3 aromatic rings. The average Bonchev–Trinajstić information content (AvgIpc) is 3.28. The summed E-state index contributed by atoms with van der Waals surface area (Å²) in [6, 6.07) is 11.4. The third kappa shape index (κ3) is 4.54. The highest BCUT2D eigenvalue weighted by molar-refractivity contribution is 7.09. The van der Waals surface area contributed by atoms with E-state index in [1.165, 1.54) is 0 Å². The fourth-order valence-electron chi connectivity index (χ4n) is 2.83. The lowest BCUT2D eigenvalue weighted by molar-refractivity contribution is -0.124. The fourth-order valence-corrected chi connectivity index (χ4v) is 3.48. The molecule has 0 fully saturated rings. The number of nitrogens with one attached hydrogen (secondary N) is 2. The van der Waals surface area contributed by atoms with Crippen LogP contribution in [-0.2, 0) is 22.7 Å². The van der Waals surface area contributed by atoms with Gasteiger partial charge in [-0.2, -0.15) is 0 Å². The molecule has 0 saturated carbocycles. The number of thiophene rings is 1. The lowest BCUT2D eigenvalue weighted by Gasteiger charge is -2.17. The van der Waals surface area contributed by atoms with Crippen molar-refractivity contribution in [3.05, 3.63) is 52.5 Å². The van der Waals surface area contributed by atoms with E-state index in [-0.39, 0.29) is 30.3 Å². The Morgan fingerprint density at radius 2 is 1.93 bits per heavy atom. The summed E-state index contributed by atoms with van der Waals surface area (Å²) >= 11 is 1.61. The first kappa shape index (κ1) is 19.1. The summed E-state index contributed by atoms with van der Waals surface area (Å²) < 4.78 is 1.88. The molecule has 1 unspecified atom stereocenters. The van der Waals surface area contributed by atoms with Crippen LogP contribution in [0.1, 0.15) is 37.5 Å². The molecule has 2 amide bonds.